The molecule has 0 aliphatic heterocycles. The third kappa shape index (κ3) is 6.73. The Morgan fingerprint density at radius 1 is 1.10 bits per heavy atom. The van der Waals surface area contributed by atoms with Gasteiger partial charge in [-0.3, -0.25) is 9.59 Å². The quantitative estimate of drug-likeness (QED) is 0.276. The molecule has 0 aliphatic carbocycles. The van der Waals surface area contributed by atoms with Gasteiger partial charge in [-0.2, -0.15) is 0 Å². The van der Waals surface area contributed by atoms with E-state index in [1.165, 1.54) is 6.07 Å². The number of hydrogen-bond acceptors (Lipinski definition) is 5. The van der Waals surface area contributed by atoms with Crippen molar-refractivity contribution in [3.05, 3.63) is 111 Å². The van der Waals surface area contributed by atoms with Gasteiger partial charge in [-0.25, -0.2) is 4.39 Å². The van der Waals surface area contributed by atoms with Crippen LogP contribution in [0.15, 0.2) is 75.9 Å². The van der Waals surface area contributed by atoms with Crippen molar-refractivity contribution in [3.63, 3.8) is 0 Å². The van der Waals surface area contributed by atoms with Gasteiger partial charge in [0.2, 0.25) is 0 Å². The Morgan fingerprint density at radius 3 is 2.56 bits per heavy atom. The number of fused-ring (bicyclic) bond motifs is 1. The first-order valence-electron chi connectivity index (χ1n) is 13.2. The molecule has 0 aliphatic rings. The van der Waals surface area contributed by atoms with Crippen molar-refractivity contribution in [1.82, 2.24) is 4.90 Å². The summed E-state index contributed by atoms with van der Waals surface area (Å²) in [6.45, 7) is 4.96. The van der Waals surface area contributed by atoms with Crippen LogP contribution in [0.4, 0.5) is 4.39 Å². The van der Waals surface area contributed by atoms with Crippen molar-refractivity contribution in [2.45, 2.75) is 33.1 Å². The summed E-state index contributed by atoms with van der Waals surface area (Å²) in [4.78, 5) is 28.7. The Bertz CT molecular complexity index is 1500. The molecule has 1 aromatic heterocycles. The predicted molar refractivity (Wildman–Crippen MR) is 152 cm³/mol. The van der Waals surface area contributed by atoms with E-state index in [1.54, 1.807) is 49.3 Å². The lowest BCUT2D eigenvalue weighted by Crippen LogP contribution is -2.37. The average Bonchev–Trinajstić information content (AvgIpc) is 2.94. The molecule has 1 unspecified atom stereocenters. The summed E-state index contributed by atoms with van der Waals surface area (Å²) in [6, 6.07) is 19.5. The maximum atomic E-state index is 14.2. The normalized spacial score (nSPS) is 11.9. The molecule has 2 N–H and O–H groups in total. The van der Waals surface area contributed by atoms with Crippen LogP contribution in [0.2, 0.25) is 0 Å². The number of carbonyl (C=O) groups excluding carboxylic acids is 1. The highest BCUT2D eigenvalue weighted by Crippen LogP contribution is 2.25. The number of aryl methyl sites for hydroxylation is 1. The zero-order valence-corrected chi connectivity index (χ0v) is 22.7. The number of nitrogens with two attached hydrogens (primary N) is 1. The van der Waals surface area contributed by atoms with Crippen molar-refractivity contribution in [1.29, 1.82) is 0 Å². The fraction of sp³-hybridized carbons (Fsp3) is 0.312. The molecule has 4 rings (SSSR count). The van der Waals surface area contributed by atoms with Crippen molar-refractivity contribution in [2.24, 2.45) is 11.7 Å². The van der Waals surface area contributed by atoms with Crippen LogP contribution in [0.5, 0.6) is 5.75 Å². The second-order valence-corrected chi connectivity index (χ2v) is 10.0. The number of benzene rings is 3. The molecule has 6 nitrogen and oxygen atoms in total. The predicted octanol–water partition coefficient (Wildman–Crippen LogP) is 5.51. The van der Waals surface area contributed by atoms with Crippen molar-refractivity contribution >= 4 is 16.9 Å². The third-order valence-electron chi connectivity index (χ3n) is 6.91. The minimum Gasteiger partial charge on any atom is -0.497 e. The second kappa shape index (κ2) is 12.7. The first-order chi connectivity index (χ1) is 18.8. The van der Waals surface area contributed by atoms with E-state index in [0.29, 0.717) is 78.1 Å². The van der Waals surface area contributed by atoms with Gasteiger partial charge in [0.05, 0.1) is 12.5 Å². The van der Waals surface area contributed by atoms with E-state index in [0.717, 1.165) is 5.56 Å². The van der Waals surface area contributed by atoms with Gasteiger partial charge in [-0.15, -0.1) is 0 Å². The molecular formula is C32H35FN2O4. The molecule has 0 saturated carbocycles. The van der Waals surface area contributed by atoms with E-state index in [4.69, 9.17) is 14.9 Å². The van der Waals surface area contributed by atoms with Gasteiger partial charge in [0.1, 0.15) is 22.9 Å². The van der Waals surface area contributed by atoms with Crippen LogP contribution in [0.1, 0.15) is 46.2 Å². The number of rotatable bonds is 11. The molecule has 0 radical (unpaired) electrons. The largest absolute Gasteiger partial charge is 0.497 e. The summed E-state index contributed by atoms with van der Waals surface area (Å²) in [6.07, 6.45) is 1.50. The van der Waals surface area contributed by atoms with Crippen LogP contribution in [0.3, 0.4) is 0 Å². The maximum absolute atomic E-state index is 14.2. The first kappa shape index (κ1) is 28.0. The molecule has 0 saturated heterocycles. The van der Waals surface area contributed by atoms with Gasteiger partial charge >= 0.3 is 0 Å². The highest BCUT2D eigenvalue weighted by molar-refractivity contribution is 5.94. The highest BCUT2D eigenvalue weighted by Gasteiger charge is 2.22. The van der Waals surface area contributed by atoms with Gasteiger partial charge < -0.3 is 19.8 Å². The molecule has 7 heteroatoms. The minimum absolute atomic E-state index is 0.0530. The molecule has 4 aromatic rings. The number of halogens is 1. The zero-order valence-electron chi connectivity index (χ0n) is 22.7. The lowest BCUT2D eigenvalue weighted by Gasteiger charge is -2.26. The van der Waals surface area contributed by atoms with Crippen LogP contribution in [0.25, 0.3) is 11.0 Å². The Balaban J connectivity index is 1.66. The fourth-order valence-corrected chi connectivity index (χ4v) is 4.75. The number of nitrogens with zero attached hydrogens (tertiary/aromatic N) is 1. The molecule has 204 valence electrons. The smallest absolute Gasteiger partial charge is 0.253 e. The molecule has 0 fully saturated rings. The molecule has 3 aromatic carbocycles. The topological polar surface area (TPSA) is 85.8 Å². The van der Waals surface area contributed by atoms with Crippen LogP contribution in [-0.2, 0) is 12.8 Å². The average molecular weight is 531 g/mol. The van der Waals surface area contributed by atoms with Crippen LogP contribution >= 0.6 is 0 Å². The molecule has 0 bridgehead atoms. The summed E-state index contributed by atoms with van der Waals surface area (Å²) in [5, 5.41) is 0.499. The molecule has 1 heterocycles. The summed E-state index contributed by atoms with van der Waals surface area (Å²) >= 11 is 0. The summed E-state index contributed by atoms with van der Waals surface area (Å²) < 4.78 is 25.9. The van der Waals surface area contributed by atoms with E-state index in [2.05, 4.69) is 0 Å². The van der Waals surface area contributed by atoms with Crippen LogP contribution in [-0.4, -0.2) is 37.6 Å². The number of methoxy groups -OCH3 is 1. The third-order valence-corrected chi connectivity index (χ3v) is 6.91. The summed E-state index contributed by atoms with van der Waals surface area (Å²) in [5.41, 5.74) is 8.53. The minimum atomic E-state index is -0.411. The van der Waals surface area contributed by atoms with Crippen molar-refractivity contribution in [2.75, 3.05) is 26.7 Å². The summed E-state index contributed by atoms with van der Waals surface area (Å²) in [5.74, 6) is 0.479. The molecule has 1 amide bonds. The van der Waals surface area contributed by atoms with Crippen LogP contribution < -0.4 is 15.9 Å². The Labute approximate surface area is 228 Å². The van der Waals surface area contributed by atoms with E-state index in [9.17, 15) is 14.0 Å². The maximum Gasteiger partial charge on any atom is 0.253 e. The van der Waals surface area contributed by atoms with Crippen LogP contribution in [0, 0.1) is 18.7 Å². The van der Waals surface area contributed by atoms with E-state index in [-0.39, 0.29) is 17.3 Å². The van der Waals surface area contributed by atoms with E-state index in [1.807, 2.05) is 37.3 Å². The first-order valence-corrected chi connectivity index (χ1v) is 13.2. The molecule has 0 spiro atoms. The number of hydrogen-bond donors (Lipinski definition) is 1. The van der Waals surface area contributed by atoms with Crippen molar-refractivity contribution < 1.29 is 18.3 Å². The zero-order chi connectivity index (χ0) is 27.9. The lowest BCUT2D eigenvalue weighted by atomic mass is 9.96. The van der Waals surface area contributed by atoms with E-state index < -0.39 is 5.82 Å². The Kier molecular flexibility index (Phi) is 9.15. The van der Waals surface area contributed by atoms with Gasteiger partial charge in [0, 0.05) is 43.1 Å². The Hall–Kier alpha value is -3.97. The van der Waals surface area contributed by atoms with Gasteiger partial charge in [0.15, 0.2) is 5.43 Å². The lowest BCUT2D eigenvalue weighted by molar-refractivity contribution is 0.0729. The number of ether oxygens (including phenoxy) is 1. The SMILES string of the molecule is COc1ccc2c(=O)c(Cc3ccccc3)c(CC(C)CN(CCCN)C(=O)c3ccc(C)c(F)c3)oc2c1. The second-order valence-electron chi connectivity index (χ2n) is 10.0. The van der Waals surface area contributed by atoms with Crippen molar-refractivity contribution in [3.8, 4) is 5.75 Å². The van der Waals surface area contributed by atoms with Gasteiger partial charge in [0.25, 0.3) is 5.91 Å². The highest BCUT2D eigenvalue weighted by atomic mass is 19.1. The van der Waals surface area contributed by atoms with Gasteiger partial charge in [-0.05, 0) is 61.2 Å². The summed E-state index contributed by atoms with van der Waals surface area (Å²) in [7, 11) is 1.57. The number of carbonyl (C=O) groups is 1. The molecule has 1 atom stereocenters. The standard InChI is InChI=1S/C32H35FN2O4/c1-21(20-35(15-7-14-34)32(37)24-11-10-22(2)28(33)18-24)16-29-27(17-23-8-5-4-6-9-23)31(36)26-13-12-25(38-3)19-30(26)39-29/h4-6,8-13,18-19,21H,7,14-17,20,34H2,1-3H3. The monoisotopic (exact) mass is 530 g/mol. The van der Waals surface area contributed by atoms with E-state index >= 15 is 0 Å². The fourth-order valence-electron chi connectivity index (χ4n) is 4.75. The molecule has 39 heavy (non-hydrogen) atoms. The van der Waals surface area contributed by atoms with Gasteiger partial charge in [-0.1, -0.05) is 43.3 Å². The number of amides is 1. The molecular weight excluding hydrogens is 495 g/mol. The Morgan fingerprint density at radius 2 is 1.87 bits per heavy atom.